The second-order valence-corrected chi connectivity index (χ2v) is 6.76. The minimum atomic E-state index is -0.501. The third-order valence-electron chi connectivity index (χ3n) is 4.37. The topological polar surface area (TPSA) is 67.9 Å². The van der Waals surface area contributed by atoms with Crippen LogP contribution in [0.5, 0.6) is 11.5 Å². The Morgan fingerprint density at radius 3 is 2.32 bits per heavy atom. The maximum absolute atomic E-state index is 12.7. The molecule has 1 aromatic rings. The molecule has 0 aromatic heterocycles. The van der Waals surface area contributed by atoms with Gasteiger partial charge in [-0.1, -0.05) is 13.8 Å². The molecule has 2 amide bonds. The van der Waals surface area contributed by atoms with Gasteiger partial charge in [0.15, 0.2) is 11.5 Å². The van der Waals surface area contributed by atoms with Crippen LogP contribution in [0.25, 0.3) is 0 Å². The van der Waals surface area contributed by atoms with Crippen LogP contribution >= 0.6 is 0 Å². The first-order valence-corrected chi connectivity index (χ1v) is 8.78. The summed E-state index contributed by atoms with van der Waals surface area (Å²) in [6.45, 7) is 5.65. The standard InChI is InChI=1S/C19H28N2O4/c1-13(2)11-15(19(23)21-9-5-6-10-21)20-18(22)14-7-8-16(24-3)17(12-14)25-4/h7-8,12-13,15H,5-6,9-11H2,1-4H3,(H,20,22)/t15-/m1/s1. The van der Waals surface area contributed by atoms with Crippen molar-refractivity contribution in [1.29, 1.82) is 0 Å². The second-order valence-electron chi connectivity index (χ2n) is 6.76. The van der Waals surface area contributed by atoms with Gasteiger partial charge in [0.25, 0.3) is 5.91 Å². The van der Waals surface area contributed by atoms with E-state index >= 15 is 0 Å². The number of carbonyl (C=O) groups is 2. The minimum Gasteiger partial charge on any atom is -0.493 e. The smallest absolute Gasteiger partial charge is 0.252 e. The van der Waals surface area contributed by atoms with Crippen molar-refractivity contribution in [2.24, 2.45) is 5.92 Å². The number of ether oxygens (including phenoxy) is 2. The van der Waals surface area contributed by atoms with Gasteiger partial charge in [0.1, 0.15) is 6.04 Å². The zero-order valence-electron chi connectivity index (χ0n) is 15.5. The first-order chi connectivity index (χ1) is 12.0. The first-order valence-electron chi connectivity index (χ1n) is 8.78. The van der Waals surface area contributed by atoms with Gasteiger partial charge in [-0.3, -0.25) is 9.59 Å². The molecule has 0 unspecified atom stereocenters. The van der Waals surface area contributed by atoms with Crippen molar-refractivity contribution in [3.63, 3.8) is 0 Å². The summed E-state index contributed by atoms with van der Waals surface area (Å²) < 4.78 is 10.4. The highest BCUT2D eigenvalue weighted by Crippen LogP contribution is 2.27. The van der Waals surface area contributed by atoms with Crippen LogP contribution in [-0.2, 0) is 4.79 Å². The summed E-state index contributed by atoms with van der Waals surface area (Å²) in [4.78, 5) is 27.2. The Morgan fingerprint density at radius 1 is 1.12 bits per heavy atom. The highest BCUT2D eigenvalue weighted by molar-refractivity contribution is 5.98. The van der Waals surface area contributed by atoms with Gasteiger partial charge in [0, 0.05) is 18.7 Å². The van der Waals surface area contributed by atoms with Crippen molar-refractivity contribution in [3.8, 4) is 11.5 Å². The third-order valence-corrected chi connectivity index (χ3v) is 4.37. The fourth-order valence-corrected chi connectivity index (χ4v) is 3.07. The molecule has 1 aliphatic heterocycles. The molecule has 1 atom stereocenters. The predicted molar refractivity (Wildman–Crippen MR) is 96.1 cm³/mol. The van der Waals surface area contributed by atoms with E-state index in [1.165, 1.54) is 7.11 Å². The average Bonchev–Trinajstić information content (AvgIpc) is 3.13. The highest BCUT2D eigenvalue weighted by Gasteiger charge is 2.28. The Bertz CT molecular complexity index is 609. The van der Waals surface area contributed by atoms with Crippen molar-refractivity contribution in [2.75, 3.05) is 27.3 Å². The molecule has 138 valence electrons. The lowest BCUT2D eigenvalue weighted by Gasteiger charge is -2.25. The number of carbonyl (C=O) groups excluding carboxylic acids is 2. The Hall–Kier alpha value is -2.24. The lowest BCUT2D eigenvalue weighted by atomic mass is 10.0. The van der Waals surface area contributed by atoms with E-state index in [-0.39, 0.29) is 11.8 Å². The van der Waals surface area contributed by atoms with Crippen molar-refractivity contribution in [3.05, 3.63) is 23.8 Å². The van der Waals surface area contributed by atoms with Crippen LogP contribution in [0.2, 0.25) is 0 Å². The fraction of sp³-hybridized carbons (Fsp3) is 0.579. The quantitative estimate of drug-likeness (QED) is 0.822. The van der Waals surface area contributed by atoms with Crippen LogP contribution in [0.15, 0.2) is 18.2 Å². The normalized spacial score (nSPS) is 15.2. The Balaban J connectivity index is 2.14. The van der Waals surface area contributed by atoms with Crippen LogP contribution in [0.4, 0.5) is 0 Å². The monoisotopic (exact) mass is 348 g/mol. The number of hydrogen-bond acceptors (Lipinski definition) is 4. The second kappa shape index (κ2) is 8.74. The molecule has 25 heavy (non-hydrogen) atoms. The number of rotatable bonds is 7. The maximum atomic E-state index is 12.7. The zero-order chi connectivity index (χ0) is 18.4. The van der Waals surface area contributed by atoms with Crippen molar-refractivity contribution < 1.29 is 19.1 Å². The summed E-state index contributed by atoms with van der Waals surface area (Å²) in [5, 5.41) is 2.90. The molecule has 1 N–H and O–H groups in total. The number of likely N-dealkylation sites (tertiary alicyclic amines) is 1. The molecule has 6 nitrogen and oxygen atoms in total. The van der Waals surface area contributed by atoms with Crippen LogP contribution < -0.4 is 14.8 Å². The summed E-state index contributed by atoms with van der Waals surface area (Å²) in [6, 6.07) is 4.48. The van der Waals surface area contributed by atoms with E-state index in [4.69, 9.17) is 9.47 Å². The molecular weight excluding hydrogens is 320 g/mol. The largest absolute Gasteiger partial charge is 0.493 e. The van der Waals surface area contributed by atoms with Gasteiger partial charge in [0.2, 0.25) is 5.91 Å². The van der Waals surface area contributed by atoms with E-state index in [0.29, 0.717) is 29.4 Å². The Kier molecular flexibility index (Phi) is 6.67. The molecule has 1 aromatic carbocycles. The number of nitrogens with one attached hydrogen (secondary N) is 1. The summed E-state index contributed by atoms with van der Waals surface area (Å²) in [7, 11) is 3.07. The maximum Gasteiger partial charge on any atom is 0.252 e. The first kappa shape index (κ1) is 19.1. The van der Waals surface area contributed by atoms with Crippen molar-refractivity contribution >= 4 is 11.8 Å². The average molecular weight is 348 g/mol. The molecule has 1 saturated heterocycles. The van der Waals surface area contributed by atoms with Gasteiger partial charge in [-0.2, -0.15) is 0 Å². The molecule has 2 rings (SSSR count). The van der Waals surface area contributed by atoms with Crippen LogP contribution in [0.3, 0.4) is 0 Å². The third kappa shape index (κ3) is 4.87. The van der Waals surface area contributed by atoms with Crippen molar-refractivity contribution in [1.82, 2.24) is 10.2 Å². The van der Waals surface area contributed by atoms with E-state index in [9.17, 15) is 9.59 Å². The number of nitrogens with zero attached hydrogens (tertiary/aromatic N) is 1. The fourth-order valence-electron chi connectivity index (χ4n) is 3.07. The molecule has 0 aliphatic carbocycles. The number of benzene rings is 1. The van der Waals surface area contributed by atoms with Crippen LogP contribution in [0, 0.1) is 5.92 Å². The Morgan fingerprint density at radius 2 is 1.76 bits per heavy atom. The SMILES string of the molecule is COc1ccc(C(=O)N[C@H](CC(C)C)C(=O)N2CCCC2)cc1OC. The van der Waals surface area contributed by atoms with Gasteiger partial charge < -0.3 is 19.7 Å². The summed E-state index contributed by atoms with van der Waals surface area (Å²) >= 11 is 0. The zero-order valence-corrected chi connectivity index (χ0v) is 15.5. The molecule has 6 heteroatoms. The van der Waals surface area contributed by atoms with E-state index in [2.05, 4.69) is 5.32 Å². The highest BCUT2D eigenvalue weighted by atomic mass is 16.5. The van der Waals surface area contributed by atoms with Crippen molar-refractivity contribution in [2.45, 2.75) is 39.2 Å². The molecule has 0 spiro atoms. The minimum absolute atomic E-state index is 0.0139. The van der Waals surface area contributed by atoms with Crippen LogP contribution in [0.1, 0.15) is 43.5 Å². The lowest BCUT2D eigenvalue weighted by Crippen LogP contribution is -2.48. The van der Waals surface area contributed by atoms with Gasteiger partial charge in [-0.25, -0.2) is 0 Å². The molecule has 0 radical (unpaired) electrons. The molecule has 0 bridgehead atoms. The lowest BCUT2D eigenvalue weighted by molar-refractivity contribution is -0.132. The Labute approximate surface area is 149 Å². The number of methoxy groups -OCH3 is 2. The van der Waals surface area contributed by atoms with Gasteiger partial charge in [-0.05, 0) is 43.4 Å². The summed E-state index contributed by atoms with van der Waals surface area (Å²) in [5.41, 5.74) is 0.445. The summed E-state index contributed by atoms with van der Waals surface area (Å²) in [6.07, 6.45) is 2.68. The van der Waals surface area contributed by atoms with Crippen LogP contribution in [-0.4, -0.2) is 50.1 Å². The molecule has 1 fully saturated rings. The molecule has 0 saturated carbocycles. The van der Waals surface area contributed by atoms with E-state index in [0.717, 1.165) is 25.9 Å². The number of hydrogen-bond donors (Lipinski definition) is 1. The van der Waals surface area contributed by atoms with Gasteiger partial charge in [0.05, 0.1) is 14.2 Å². The summed E-state index contributed by atoms with van der Waals surface area (Å²) in [5.74, 6) is 1.09. The van der Waals surface area contributed by atoms with E-state index < -0.39 is 6.04 Å². The predicted octanol–water partition coefficient (Wildman–Crippen LogP) is 2.47. The molecule has 1 heterocycles. The molecular formula is C19H28N2O4. The molecule has 1 aliphatic rings. The van der Waals surface area contributed by atoms with E-state index in [1.807, 2.05) is 18.7 Å². The van der Waals surface area contributed by atoms with Gasteiger partial charge in [-0.15, -0.1) is 0 Å². The van der Waals surface area contributed by atoms with Gasteiger partial charge >= 0.3 is 0 Å². The number of amides is 2. The van der Waals surface area contributed by atoms with E-state index in [1.54, 1.807) is 25.3 Å².